The molecule has 0 aromatic heterocycles. The van der Waals surface area contributed by atoms with E-state index >= 15 is 0 Å². The van der Waals surface area contributed by atoms with E-state index in [4.69, 9.17) is 0 Å². The first kappa shape index (κ1) is 11.4. The predicted octanol–water partition coefficient (Wildman–Crippen LogP) is 3.32. The van der Waals surface area contributed by atoms with Crippen LogP contribution in [0.1, 0.15) is 34.6 Å². The van der Waals surface area contributed by atoms with Crippen LogP contribution in [0.25, 0.3) is 0 Å². The number of allylic oxidation sites excluding steroid dienone is 2. The molecule has 0 saturated carbocycles. The van der Waals surface area contributed by atoms with E-state index in [-0.39, 0.29) is 0 Å². The normalized spacial score (nSPS) is 16.9. The third kappa shape index (κ3) is 3.70. The topological polar surface area (TPSA) is 12.4 Å². The van der Waals surface area contributed by atoms with Gasteiger partial charge in [0.1, 0.15) is 0 Å². The summed E-state index contributed by atoms with van der Waals surface area (Å²) in [4.78, 5) is 4.15. The van der Waals surface area contributed by atoms with Crippen molar-refractivity contribution >= 4 is 5.71 Å². The zero-order chi connectivity index (χ0) is 9.72. The van der Waals surface area contributed by atoms with Crippen LogP contribution < -0.4 is 0 Å². The van der Waals surface area contributed by atoms with Crippen molar-refractivity contribution in [1.29, 1.82) is 0 Å². The molecule has 0 fully saturated rings. The van der Waals surface area contributed by atoms with Crippen molar-refractivity contribution in [3.05, 3.63) is 11.6 Å². The van der Waals surface area contributed by atoms with Crippen LogP contribution in [0.5, 0.6) is 0 Å². The Balaban J connectivity index is 4.35. The van der Waals surface area contributed by atoms with Crippen LogP contribution in [0, 0.1) is 11.8 Å². The summed E-state index contributed by atoms with van der Waals surface area (Å²) in [5.74, 6) is 1.35. The third-order valence-electron chi connectivity index (χ3n) is 2.47. The van der Waals surface area contributed by atoms with Gasteiger partial charge >= 0.3 is 0 Å². The molecule has 0 rings (SSSR count). The van der Waals surface area contributed by atoms with Crippen LogP contribution in [0.4, 0.5) is 0 Å². The van der Waals surface area contributed by atoms with Gasteiger partial charge in [-0.2, -0.15) is 0 Å². The molecule has 0 aliphatic carbocycles. The van der Waals surface area contributed by atoms with Gasteiger partial charge in [0.15, 0.2) is 0 Å². The van der Waals surface area contributed by atoms with Gasteiger partial charge in [0.25, 0.3) is 0 Å². The largest absolute Gasteiger partial charge is 0.293 e. The van der Waals surface area contributed by atoms with E-state index in [1.54, 1.807) is 0 Å². The van der Waals surface area contributed by atoms with E-state index in [1.807, 2.05) is 7.05 Å². The Bertz CT molecular complexity index is 187. The summed E-state index contributed by atoms with van der Waals surface area (Å²) in [6.45, 7) is 10.9. The van der Waals surface area contributed by atoms with E-state index in [0.29, 0.717) is 11.8 Å². The van der Waals surface area contributed by atoms with Crippen LogP contribution in [0.15, 0.2) is 16.6 Å². The monoisotopic (exact) mass is 167 g/mol. The van der Waals surface area contributed by atoms with E-state index in [9.17, 15) is 0 Å². The molecule has 0 amide bonds. The quantitative estimate of drug-likeness (QED) is 0.572. The smallest absolute Gasteiger partial charge is 0.0339 e. The van der Waals surface area contributed by atoms with Crippen LogP contribution in [-0.2, 0) is 0 Å². The first-order valence-corrected chi connectivity index (χ1v) is 4.61. The molecule has 1 atom stereocenters. The zero-order valence-electron chi connectivity index (χ0n) is 9.18. The molecule has 0 radical (unpaired) electrons. The molecule has 0 spiro atoms. The van der Waals surface area contributed by atoms with Crippen molar-refractivity contribution in [2.24, 2.45) is 16.8 Å². The fraction of sp³-hybridized carbons (Fsp3) is 0.727. The fourth-order valence-corrected chi connectivity index (χ4v) is 0.884. The lowest BCUT2D eigenvalue weighted by molar-refractivity contribution is 0.503. The molecular weight excluding hydrogens is 146 g/mol. The minimum Gasteiger partial charge on any atom is -0.293 e. The second-order valence-electron chi connectivity index (χ2n) is 3.76. The van der Waals surface area contributed by atoms with Gasteiger partial charge in [-0.1, -0.05) is 26.8 Å². The number of nitrogens with zero attached hydrogens (tertiary/aromatic N) is 1. The molecule has 0 aromatic rings. The Morgan fingerprint density at radius 3 is 2.00 bits per heavy atom. The average Bonchev–Trinajstić information content (AvgIpc) is 2.02. The highest BCUT2D eigenvalue weighted by Crippen LogP contribution is 2.13. The van der Waals surface area contributed by atoms with Gasteiger partial charge in [-0.05, 0) is 31.3 Å². The van der Waals surface area contributed by atoms with E-state index in [0.717, 1.165) is 5.71 Å². The highest BCUT2D eigenvalue weighted by atomic mass is 14.7. The van der Waals surface area contributed by atoms with Crippen molar-refractivity contribution in [3.8, 4) is 0 Å². The molecule has 0 heterocycles. The van der Waals surface area contributed by atoms with Crippen LogP contribution in [0.3, 0.4) is 0 Å². The number of aliphatic imine (C=N–C) groups is 1. The van der Waals surface area contributed by atoms with Crippen LogP contribution in [-0.4, -0.2) is 12.8 Å². The maximum Gasteiger partial charge on any atom is 0.0339 e. The van der Waals surface area contributed by atoms with Gasteiger partial charge in [-0.25, -0.2) is 0 Å². The number of hydrogen-bond donors (Lipinski definition) is 0. The summed E-state index contributed by atoms with van der Waals surface area (Å²) in [6, 6.07) is 0. The first-order valence-electron chi connectivity index (χ1n) is 4.61. The molecular formula is C11H21N. The average molecular weight is 167 g/mol. The molecule has 0 aliphatic rings. The molecule has 1 nitrogen and oxygen atoms in total. The first-order chi connectivity index (χ1) is 5.49. The summed E-state index contributed by atoms with van der Waals surface area (Å²) in [6.07, 6.45) is 2.30. The van der Waals surface area contributed by atoms with Crippen LogP contribution in [0.2, 0.25) is 0 Å². The standard InChI is InChI=1S/C11H21N/c1-8(2)9(3)7-10(4)11(5)12-6/h7-9H,1-6H3/b10-7+,12-11?. The van der Waals surface area contributed by atoms with Gasteiger partial charge in [-0.3, -0.25) is 4.99 Å². The van der Waals surface area contributed by atoms with Crippen molar-refractivity contribution in [2.75, 3.05) is 7.05 Å². The third-order valence-corrected chi connectivity index (χ3v) is 2.47. The Kier molecular flexibility index (Phi) is 4.87. The van der Waals surface area contributed by atoms with E-state index < -0.39 is 0 Å². The van der Waals surface area contributed by atoms with Crippen LogP contribution >= 0.6 is 0 Å². The number of hydrogen-bond acceptors (Lipinski definition) is 1. The Morgan fingerprint density at radius 1 is 1.17 bits per heavy atom. The highest BCUT2D eigenvalue weighted by Gasteiger charge is 2.04. The molecule has 0 bridgehead atoms. The maximum atomic E-state index is 4.15. The second-order valence-corrected chi connectivity index (χ2v) is 3.76. The van der Waals surface area contributed by atoms with Crippen molar-refractivity contribution < 1.29 is 0 Å². The second kappa shape index (κ2) is 5.13. The summed E-state index contributed by atoms with van der Waals surface area (Å²) in [5, 5.41) is 0. The summed E-state index contributed by atoms with van der Waals surface area (Å²) >= 11 is 0. The van der Waals surface area contributed by atoms with Crippen molar-refractivity contribution in [3.63, 3.8) is 0 Å². The summed E-state index contributed by atoms with van der Waals surface area (Å²) in [7, 11) is 1.84. The van der Waals surface area contributed by atoms with Crippen molar-refractivity contribution in [2.45, 2.75) is 34.6 Å². The molecule has 70 valence electrons. The predicted molar refractivity (Wildman–Crippen MR) is 56.8 cm³/mol. The zero-order valence-corrected chi connectivity index (χ0v) is 9.18. The maximum absolute atomic E-state index is 4.15. The van der Waals surface area contributed by atoms with E-state index in [1.165, 1.54) is 5.57 Å². The summed E-state index contributed by atoms with van der Waals surface area (Å²) in [5.41, 5.74) is 2.45. The lowest BCUT2D eigenvalue weighted by Crippen LogP contribution is -2.03. The molecule has 0 aromatic carbocycles. The number of rotatable bonds is 3. The molecule has 12 heavy (non-hydrogen) atoms. The fourth-order valence-electron chi connectivity index (χ4n) is 0.884. The van der Waals surface area contributed by atoms with E-state index in [2.05, 4.69) is 45.7 Å². The minimum absolute atomic E-state index is 0.640. The lowest BCUT2D eigenvalue weighted by atomic mass is 9.95. The molecule has 1 unspecified atom stereocenters. The Hall–Kier alpha value is -0.590. The Morgan fingerprint density at radius 2 is 1.67 bits per heavy atom. The van der Waals surface area contributed by atoms with Gasteiger partial charge < -0.3 is 0 Å². The summed E-state index contributed by atoms with van der Waals surface area (Å²) < 4.78 is 0. The SMILES string of the molecule is CN=C(C)/C(C)=C/C(C)C(C)C. The Labute approximate surface area is 76.6 Å². The molecule has 1 heteroatoms. The highest BCUT2D eigenvalue weighted by molar-refractivity contribution is 5.97. The van der Waals surface area contributed by atoms with Gasteiger partial charge in [0, 0.05) is 12.8 Å². The lowest BCUT2D eigenvalue weighted by Gasteiger charge is -2.11. The minimum atomic E-state index is 0.640. The molecule has 0 saturated heterocycles. The van der Waals surface area contributed by atoms with Gasteiger partial charge in [0.05, 0.1) is 0 Å². The van der Waals surface area contributed by atoms with Gasteiger partial charge in [0.2, 0.25) is 0 Å². The van der Waals surface area contributed by atoms with Crippen molar-refractivity contribution in [1.82, 2.24) is 0 Å². The molecule has 0 N–H and O–H groups in total. The van der Waals surface area contributed by atoms with Gasteiger partial charge in [-0.15, -0.1) is 0 Å². The molecule has 0 aliphatic heterocycles.